The number of hydrogen-bond acceptors (Lipinski definition) is 4. The molecule has 3 rings (SSSR count). The van der Waals surface area contributed by atoms with Gasteiger partial charge in [0.25, 0.3) is 5.91 Å². The van der Waals surface area contributed by atoms with E-state index >= 15 is 0 Å². The van der Waals surface area contributed by atoms with E-state index in [1.807, 2.05) is 0 Å². The van der Waals surface area contributed by atoms with Crippen LogP contribution in [0.15, 0.2) is 24.8 Å². The molecule has 1 atom stereocenters. The normalized spacial score (nSPS) is 19.8. The van der Waals surface area contributed by atoms with Gasteiger partial charge in [-0.3, -0.25) is 9.78 Å². The second-order valence-corrected chi connectivity index (χ2v) is 4.67. The van der Waals surface area contributed by atoms with Crippen molar-refractivity contribution < 1.29 is 9.53 Å². The zero-order valence-electron chi connectivity index (χ0n) is 10.2. The lowest BCUT2D eigenvalue weighted by molar-refractivity contribution is -0.0107. The van der Waals surface area contributed by atoms with Gasteiger partial charge >= 0.3 is 0 Å². The molecule has 1 aliphatic heterocycles. The Morgan fingerprint density at radius 2 is 2.42 bits per heavy atom. The van der Waals surface area contributed by atoms with Crippen molar-refractivity contribution in [2.75, 3.05) is 25.6 Å². The van der Waals surface area contributed by atoms with E-state index in [-0.39, 0.29) is 12.0 Å². The van der Waals surface area contributed by atoms with Crippen LogP contribution >= 0.6 is 11.6 Å². The minimum Gasteiger partial charge on any atom is -0.373 e. The topological polar surface area (TPSA) is 59.7 Å². The van der Waals surface area contributed by atoms with Crippen molar-refractivity contribution in [3.8, 4) is 0 Å². The molecular formula is C12H13ClN4O2. The Hall–Kier alpha value is -1.66. The van der Waals surface area contributed by atoms with Crippen LogP contribution in [0.2, 0.25) is 0 Å². The predicted molar refractivity (Wildman–Crippen MR) is 69.4 cm³/mol. The predicted octanol–water partition coefficient (Wildman–Crippen LogP) is 0.809. The fourth-order valence-electron chi connectivity index (χ4n) is 2.17. The molecule has 0 aliphatic carbocycles. The number of fused-ring (bicyclic) bond motifs is 1. The summed E-state index contributed by atoms with van der Waals surface area (Å²) in [5.74, 6) is 0.335. The lowest BCUT2D eigenvalue weighted by Gasteiger charge is -2.31. The Morgan fingerprint density at radius 3 is 3.26 bits per heavy atom. The number of alkyl halides is 1. The van der Waals surface area contributed by atoms with Gasteiger partial charge in [-0.1, -0.05) is 0 Å². The summed E-state index contributed by atoms with van der Waals surface area (Å²) < 4.78 is 7.09. The highest BCUT2D eigenvalue weighted by molar-refractivity contribution is 6.18. The first-order valence-corrected chi connectivity index (χ1v) is 6.57. The zero-order valence-corrected chi connectivity index (χ0v) is 11.0. The molecule has 0 saturated carbocycles. The van der Waals surface area contributed by atoms with Crippen LogP contribution in [-0.4, -0.2) is 57.1 Å². The van der Waals surface area contributed by atoms with Crippen molar-refractivity contribution in [3.05, 3.63) is 30.4 Å². The molecular weight excluding hydrogens is 268 g/mol. The van der Waals surface area contributed by atoms with Crippen molar-refractivity contribution in [1.82, 2.24) is 19.5 Å². The van der Waals surface area contributed by atoms with Gasteiger partial charge in [0.1, 0.15) is 0 Å². The summed E-state index contributed by atoms with van der Waals surface area (Å²) in [4.78, 5) is 18.3. The van der Waals surface area contributed by atoms with Crippen molar-refractivity contribution >= 4 is 23.0 Å². The molecule has 7 heteroatoms. The summed E-state index contributed by atoms with van der Waals surface area (Å²) in [6.45, 7) is 1.60. The van der Waals surface area contributed by atoms with Crippen LogP contribution in [-0.2, 0) is 4.74 Å². The van der Waals surface area contributed by atoms with E-state index in [1.165, 1.54) is 0 Å². The van der Waals surface area contributed by atoms with Gasteiger partial charge < -0.3 is 9.64 Å². The number of ether oxygens (including phenoxy) is 1. The molecule has 2 aromatic heterocycles. The largest absolute Gasteiger partial charge is 0.373 e. The van der Waals surface area contributed by atoms with Crippen molar-refractivity contribution in [1.29, 1.82) is 0 Å². The number of rotatable bonds is 2. The molecule has 19 heavy (non-hydrogen) atoms. The molecule has 1 unspecified atom stereocenters. The maximum Gasteiger partial charge on any atom is 0.257 e. The Balaban J connectivity index is 1.87. The van der Waals surface area contributed by atoms with E-state index in [0.717, 1.165) is 0 Å². The Kier molecular flexibility index (Phi) is 3.35. The highest BCUT2D eigenvalue weighted by atomic mass is 35.5. The fourth-order valence-corrected chi connectivity index (χ4v) is 2.35. The number of morpholine rings is 1. The molecule has 1 fully saturated rings. The molecule has 1 aliphatic rings. The third kappa shape index (κ3) is 2.29. The first-order valence-electron chi connectivity index (χ1n) is 6.04. The molecule has 6 nitrogen and oxygen atoms in total. The molecule has 100 valence electrons. The summed E-state index contributed by atoms with van der Waals surface area (Å²) in [7, 11) is 0. The molecule has 1 saturated heterocycles. The number of aromatic nitrogens is 3. The van der Waals surface area contributed by atoms with Gasteiger partial charge in [-0.05, 0) is 0 Å². The molecule has 0 spiro atoms. The minimum atomic E-state index is -0.0978. The second kappa shape index (κ2) is 5.14. The first kappa shape index (κ1) is 12.4. The summed E-state index contributed by atoms with van der Waals surface area (Å²) in [5.41, 5.74) is 1.27. The van der Waals surface area contributed by atoms with Crippen LogP contribution in [0.25, 0.3) is 5.52 Å². The molecule has 0 N–H and O–H groups in total. The van der Waals surface area contributed by atoms with Crippen LogP contribution in [0.5, 0.6) is 0 Å². The third-order valence-electron chi connectivity index (χ3n) is 3.15. The number of carbonyl (C=O) groups is 1. The minimum absolute atomic E-state index is 0.0542. The van der Waals surface area contributed by atoms with Crippen molar-refractivity contribution in [3.63, 3.8) is 0 Å². The number of nitrogens with zero attached hydrogens (tertiary/aromatic N) is 4. The monoisotopic (exact) mass is 280 g/mol. The average Bonchev–Trinajstić information content (AvgIpc) is 2.90. The zero-order chi connectivity index (χ0) is 13.2. The number of carbonyl (C=O) groups excluding carboxylic acids is 1. The number of amides is 1. The van der Waals surface area contributed by atoms with E-state index in [0.29, 0.717) is 36.7 Å². The number of hydrogen-bond donors (Lipinski definition) is 0. The number of halogens is 1. The van der Waals surface area contributed by atoms with E-state index in [4.69, 9.17) is 16.3 Å². The van der Waals surface area contributed by atoms with Crippen LogP contribution in [0.1, 0.15) is 10.4 Å². The Bertz CT molecular complexity index is 600. The van der Waals surface area contributed by atoms with Gasteiger partial charge in [-0.15, -0.1) is 11.6 Å². The van der Waals surface area contributed by atoms with Gasteiger partial charge in [0, 0.05) is 25.5 Å². The Morgan fingerprint density at radius 1 is 1.53 bits per heavy atom. The molecule has 3 heterocycles. The van der Waals surface area contributed by atoms with Crippen LogP contribution in [0.3, 0.4) is 0 Å². The van der Waals surface area contributed by atoms with Gasteiger partial charge in [0.05, 0.1) is 42.1 Å². The van der Waals surface area contributed by atoms with Gasteiger partial charge in [0.2, 0.25) is 0 Å². The Labute approximate surface area is 114 Å². The van der Waals surface area contributed by atoms with Gasteiger partial charge in [-0.25, -0.2) is 4.52 Å². The molecule has 0 aromatic carbocycles. The highest BCUT2D eigenvalue weighted by Crippen LogP contribution is 2.15. The average molecular weight is 281 g/mol. The summed E-state index contributed by atoms with van der Waals surface area (Å²) in [5, 5.41) is 4.15. The second-order valence-electron chi connectivity index (χ2n) is 4.36. The quantitative estimate of drug-likeness (QED) is 0.764. The van der Waals surface area contributed by atoms with Crippen molar-refractivity contribution in [2.45, 2.75) is 6.10 Å². The lowest BCUT2D eigenvalue weighted by Crippen LogP contribution is -2.46. The van der Waals surface area contributed by atoms with Crippen molar-refractivity contribution in [2.24, 2.45) is 0 Å². The van der Waals surface area contributed by atoms with Crippen LogP contribution < -0.4 is 0 Å². The van der Waals surface area contributed by atoms with E-state index in [2.05, 4.69) is 10.1 Å². The van der Waals surface area contributed by atoms with Crippen LogP contribution in [0.4, 0.5) is 0 Å². The van der Waals surface area contributed by atoms with E-state index < -0.39 is 0 Å². The molecule has 0 radical (unpaired) electrons. The van der Waals surface area contributed by atoms with Crippen LogP contribution in [0, 0.1) is 0 Å². The summed E-state index contributed by atoms with van der Waals surface area (Å²) in [6.07, 6.45) is 6.46. The van der Waals surface area contributed by atoms with E-state index in [1.54, 1.807) is 34.2 Å². The smallest absolute Gasteiger partial charge is 0.257 e. The summed E-state index contributed by atoms with van der Waals surface area (Å²) >= 11 is 5.78. The highest BCUT2D eigenvalue weighted by Gasteiger charge is 2.26. The molecule has 0 bridgehead atoms. The maximum atomic E-state index is 12.5. The summed E-state index contributed by atoms with van der Waals surface area (Å²) in [6, 6.07) is 0. The first-order chi connectivity index (χ1) is 9.29. The fraction of sp³-hybridized carbons (Fsp3) is 0.417. The lowest BCUT2D eigenvalue weighted by atomic mass is 10.2. The third-order valence-corrected chi connectivity index (χ3v) is 3.50. The van der Waals surface area contributed by atoms with Gasteiger partial charge in [0.15, 0.2) is 0 Å². The standard InChI is InChI=1S/C12H13ClN4O2/c13-5-9-8-16(3-4-19-9)12(18)10-6-15-17-2-1-14-7-11(10)17/h1-2,6-7,9H,3-5,8H2. The molecule has 1 amide bonds. The maximum absolute atomic E-state index is 12.5. The molecule has 2 aromatic rings. The van der Waals surface area contributed by atoms with E-state index in [9.17, 15) is 4.79 Å². The SMILES string of the molecule is O=C(c1cnn2ccncc12)N1CCOC(CCl)C1. The van der Waals surface area contributed by atoms with Gasteiger partial charge in [-0.2, -0.15) is 5.10 Å².